The molecule has 0 aromatic rings. The summed E-state index contributed by atoms with van der Waals surface area (Å²) in [6.45, 7) is 5.28. The van der Waals surface area contributed by atoms with E-state index in [0.29, 0.717) is 19.6 Å². The van der Waals surface area contributed by atoms with Crippen molar-refractivity contribution in [3.05, 3.63) is 0 Å². The third-order valence-electron chi connectivity index (χ3n) is 5.89. The van der Waals surface area contributed by atoms with Crippen LogP contribution in [0.4, 0.5) is 0 Å². The van der Waals surface area contributed by atoms with Gasteiger partial charge in [-0.1, -0.05) is 110 Å². The van der Waals surface area contributed by atoms with E-state index in [0.717, 1.165) is 19.3 Å². The molecule has 0 heterocycles. The number of nitrogens with one attached hydrogen (secondary N) is 1. The van der Waals surface area contributed by atoms with Crippen molar-refractivity contribution in [2.45, 2.75) is 136 Å². The largest absolute Gasteiger partial charge is 0.460 e. The lowest BCUT2D eigenvalue weighted by molar-refractivity contribution is -0.150. The molecule has 0 bridgehead atoms. The van der Waals surface area contributed by atoms with Crippen molar-refractivity contribution >= 4 is 14.6 Å². The Kier molecular flexibility index (Phi) is 26.1. The second kappa shape index (κ2) is 26.3. The van der Waals surface area contributed by atoms with Gasteiger partial charge < -0.3 is 24.0 Å². The van der Waals surface area contributed by atoms with Crippen LogP contribution in [0.15, 0.2) is 0 Å². The van der Waals surface area contributed by atoms with Gasteiger partial charge in [0.1, 0.15) is 6.10 Å². The average molecular weight is 492 g/mol. The van der Waals surface area contributed by atoms with Gasteiger partial charge in [-0.25, -0.2) is 0 Å². The molecule has 2 N–H and O–H groups in total. The molecule has 0 aliphatic heterocycles. The Morgan fingerprint density at radius 2 is 1.27 bits per heavy atom. The summed E-state index contributed by atoms with van der Waals surface area (Å²) in [4.78, 5) is 21.5. The fraction of sp³-hybridized carbons (Fsp3) is 0.962. The molecule has 0 saturated heterocycles. The molecule has 2 unspecified atom stereocenters. The lowest BCUT2D eigenvalue weighted by Gasteiger charge is -2.19. The van der Waals surface area contributed by atoms with Crippen LogP contribution in [0.25, 0.3) is 0 Å². The highest BCUT2D eigenvalue weighted by molar-refractivity contribution is 7.40. The predicted octanol–water partition coefficient (Wildman–Crippen LogP) is 7.43. The lowest BCUT2D eigenvalue weighted by atomic mass is 10.0. The van der Waals surface area contributed by atoms with Gasteiger partial charge in [0.2, 0.25) is 0 Å². The fourth-order valence-electron chi connectivity index (χ4n) is 3.78. The highest BCUT2D eigenvalue weighted by Gasteiger charge is 2.17. The summed E-state index contributed by atoms with van der Waals surface area (Å²) in [6, 6.07) is 0. The predicted molar refractivity (Wildman–Crippen MR) is 139 cm³/mol. The number of carbonyl (C=O) groups is 1. The Balaban J connectivity index is 3.64. The molecule has 0 rings (SSSR count). The van der Waals surface area contributed by atoms with E-state index in [1.165, 1.54) is 89.9 Å². The van der Waals surface area contributed by atoms with Gasteiger partial charge in [0.05, 0.1) is 13.2 Å². The molecule has 33 heavy (non-hydrogen) atoms. The van der Waals surface area contributed by atoms with Gasteiger partial charge in [-0.2, -0.15) is 0 Å². The van der Waals surface area contributed by atoms with E-state index in [9.17, 15) is 9.69 Å². The number of ether oxygens (including phenoxy) is 1. The minimum Gasteiger partial charge on any atom is -0.460 e. The molecule has 0 radical (unpaired) electrons. The molecule has 0 aliphatic rings. The maximum absolute atomic E-state index is 11.7. The number of rotatable bonds is 26. The van der Waals surface area contributed by atoms with Crippen LogP contribution < -0.4 is 5.32 Å². The van der Waals surface area contributed by atoms with E-state index in [4.69, 9.17) is 13.8 Å². The second-order valence-electron chi connectivity index (χ2n) is 9.03. The number of esters is 1. The van der Waals surface area contributed by atoms with Crippen LogP contribution in [0.5, 0.6) is 0 Å². The van der Waals surface area contributed by atoms with E-state index >= 15 is 0 Å². The topological polar surface area (TPSA) is 77.0 Å². The van der Waals surface area contributed by atoms with Crippen LogP contribution in [0.3, 0.4) is 0 Å². The molecular weight excluding hydrogens is 437 g/mol. The van der Waals surface area contributed by atoms with Gasteiger partial charge in [-0.3, -0.25) is 4.79 Å². The minimum atomic E-state index is -1.92. The van der Waals surface area contributed by atoms with Crippen molar-refractivity contribution in [1.82, 2.24) is 5.32 Å². The van der Waals surface area contributed by atoms with Crippen LogP contribution in [0, 0.1) is 0 Å². The van der Waals surface area contributed by atoms with Gasteiger partial charge in [-0.15, -0.1) is 0 Å². The summed E-state index contributed by atoms with van der Waals surface area (Å²) in [7, 11) is -0.103. The minimum absolute atomic E-state index is 0.187. The first kappa shape index (κ1) is 32.7. The summed E-state index contributed by atoms with van der Waals surface area (Å²) in [5.41, 5.74) is 0. The molecule has 2 atom stereocenters. The van der Waals surface area contributed by atoms with Crippen molar-refractivity contribution in [1.29, 1.82) is 0 Å². The molecule has 0 spiro atoms. The normalized spacial score (nSPS) is 13.2. The fourth-order valence-corrected chi connectivity index (χ4v) is 4.39. The van der Waals surface area contributed by atoms with E-state index in [1.807, 2.05) is 7.05 Å². The SMILES string of the molecule is CCCCCCCCCCCCCCCCCCC(COP(O)OCCNC)OC(=O)CC. The Morgan fingerprint density at radius 3 is 1.73 bits per heavy atom. The van der Waals surface area contributed by atoms with Crippen molar-refractivity contribution in [2.24, 2.45) is 0 Å². The molecular formula is C26H54NO5P. The Labute approximate surface area is 205 Å². The monoisotopic (exact) mass is 491 g/mol. The van der Waals surface area contributed by atoms with E-state index in [1.54, 1.807) is 6.92 Å². The zero-order chi connectivity index (χ0) is 24.4. The zero-order valence-corrected chi connectivity index (χ0v) is 22.8. The second-order valence-corrected chi connectivity index (χ2v) is 10.0. The molecule has 6 nitrogen and oxygen atoms in total. The van der Waals surface area contributed by atoms with E-state index < -0.39 is 8.60 Å². The maximum Gasteiger partial charge on any atom is 0.330 e. The smallest absolute Gasteiger partial charge is 0.330 e. The molecule has 0 aliphatic carbocycles. The molecule has 0 aromatic carbocycles. The molecule has 7 heteroatoms. The van der Waals surface area contributed by atoms with Crippen LogP contribution in [-0.2, 0) is 18.6 Å². The van der Waals surface area contributed by atoms with Crippen molar-refractivity contribution in [3.8, 4) is 0 Å². The Bertz CT molecular complexity index is 414. The molecule has 0 fully saturated rings. The standard InChI is InChI=1S/C26H54NO5P/c1-4-6-7-8-9-10-11-12-13-14-15-16-17-18-19-20-21-25(32-26(28)5-2)24-31-33(29)30-23-22-27-3/h25,27,29H,4-24H2,1-3H3. The first-order valence-electron chi connectivity index (χ1n) is 13.7. The third-order valence-corrected chi connectivity index (χ3v) is 6.66. The van der Waals surface area contributed by atoms with Crippen molar-refractivity contribution in [2.75, 3.05) is 26.8 Å². The number of hydrogen-bond acceptors (Lipinski definition) is 6. The number of unbranched alkanes of at least 4 members (excludes halogenated alkanes) is 15. The van der Waals surface area contributed by atoms with Crippen LogP contribution >= 0.6 is 8.60 Å². The van der Waals surface area contributed by atoms with Crippen LogP contribution in [0.1, 0.15) is 129 Å². The van der Waals surface area contributed by atoms with Crippen LogP contribution in [-0.4, -0.2) is 43.8 Å². The van der Waals surface area contributed by atoms with Gasteiger partial charge in [0, 0.05) is 13.0 Å². The summed E-state index contributed by atoms with van der Waals surface area (Å²) >= 11 is 0. The summed E-state index contributed by atoms with van der Waals surface area (Å²) < 4.78 is 16.0. The highest BCUT2D eigenvalue weighted by Crippen LogP contribution is 2.33. The lowest BCUT2D eigenvalue weighted by Crippen LogP contribution is -2.23. The third kappa shape index (κ3) is 24.7. The van der Waals surface area contributed by atoms with Gasteiger partial charge >= 0.3 is 14.6 Å². The number of carbonyl (C=O) groups excluding carboxylic acids is 1. The van der Waals surface area contributed by atoms with Crippen molar-refractivity contribution in [3.63, 3.8) is 0 Å². The number of hydrogen-bond donors (Lipinski definition) is 2. The maximum atomic E-state index is 11.7. The molecule has 0 aromatic heterocycles. The summed E-state index contributed by atoms with van der Waals surface area (Å²) in [5, 5.41) is 2.94. The Morgan fingerprint density at radius 1 is 0.788 bits per heavy atom. The van der Waals surface area contributed by atoms with Gasteiger partial charge in [0.15, 0.2) is 0 Å². The summed E-state index contributed by atoms with van der Waals surface area (Å²) in [6.07, 6.45) is 22.2. The van der Waals surface area contributed by atoms with Crippen LogP contribution in [0.2, 0.25) is 0 Å². The average Bonchev–Trinajstić information content (AvgIpc) is 2.82. The Hall–Kier alpha value is -0.260. The van der Waals surface area contributed by atoms with E-state index in [-0.39, 0.29) is 18.7 Å². The molecule has 0 amide bonds. The first-order valence-corrected chi connectivity index (χ1v) is 14.9. The van der Waals surface area contributed by atoms with E-state index in [2.05, 4.69) is 12.2 Å². The zero-order valence-electron chi connectivity index (χ0n) is 22.0. The molecule has 0 saturated carbocycles. The first-order chi connectivity index (χ1) is 16.1. The molecule has 198 valence electrons. The highest BCUT2D eigenvalue weighted by atomic mass is 31.2. The quantitative estimate of drug-likeness (QED) is 0.0744. The van der Waals surface area contributed by atoms with Gasteiger partial charge in [-0.05, 0) is 19.9 Å². The summed E-state index contributed by atoms with van der Waals surface area (Å²) in [5.74, 6) is -0.224. The number of likely N-dealkylation sites (N-methyl/N-ethyl adjacent to an activating group) is 1. The van der Waals surface area contributed by atoms with Gasteiger partial charge in [0.25, 0.3) is 0 Å². The van der Waals surface area contributed by atoms with Crippen molar-refractivity contribution < 1.29 is 23.5 Å².